The highest BCUT2D eigenvalue weighted by Gasteiger charge is 1.89. The van der Waals surface area contributed by atoms with Crippen LogP contribution in [0.4, 0.5) is 0 Å². The maximum absolute atomic E-state index is 4.40. The summed E-state index contributed by atoms with van der Waals surface area (Å²) in [5.41, 5.74) is 0.579. The van der Waals surface area contributed by atoms with E-state index in [1.54, 1.807) is 0 Å². The maximum Gasteiger partial charge on any atom is 0.199 e. The molecule has 7 heavy (non-hydrogen) atoms. The SMILES string of the molecule is S=C=C1C=N[C]=N1. The summed E-state index contributed by atoms with van der Waals surface area (Å²) in [4.78, 5) is 7.11. The number of rotatable bonds is 0. The van der Waals surface area contributed by atoms with Crippen molar-refractivity contribution in [2.24, 2.45) is 9.98 Å². The summed E-state index contributed by atoms with van der Waals surface area (Å²) in [5, 5.41) is 2.39. The van der Waals surface area contributed by atoms with E-state index in [1.807, 2.05) is 0 Å². The highest BCUT2D eigenvalue weighted by atomic mass is 32.1. The van der Waals surface area contributed by atoms with Gasteiger partial charge in [-0.3, -0.25) is 0 Å². The predicted octanol–water partition coefficient (Wildman–Crippen LogP) is 0.459. The maximum atomic E-state index is 4.40. The number of nitrogens with zero attached hydrogens (tertiary/aromatic N) is 2. The molecule has 1 aliphatic rings. The average Bonchev–Trinajstić information content (AvgIpc) is 2.14. The van der Waals surface area contributed by atoms with Gasteiger partial charge < -0.3 is 0 Å². The van der Waals surface area contributed by atoms with Crippen LogP contribution in [-0.4, -0.2) is 17.6 Å². The van der Waals surface area contributed by atoms with Gasteiger partial charge in [-0.2, -0.15) is 0 Å². The van der Waals surface area contributed by atoms with Gasteiger partial charge in [-0.15, -0.1) is 0 Å². The number of hydrogen-bond acceptors (Lipinski definition) is 3. The molecule has 1 rings (SSSR count). The summed E-state index contributed by atoms with van der Waals surface area (Å²) in [6.45, 7) is 0. The number of hydrogen-bond donors (Lipinski definition) is 0. The van der Waals surface area contributed by atoms with Crippen LogP contribution in [0.3, 0.4) is 0 Å². The topological polar surface area (TPSA) is 24.7 Å². The molecule has 0 aromatic rings. The van der Waals surface area contributed by atoms with Gasteiger partial charge in [-0.05, 0) is 17.2 Å². The lowest BCUT2D eigenvalue weighted by molar-refractivity contribution is 1.59. The Labute approximate surface area is 46.3 Å². The number of thiocarbonyl (C=S) groups is 1. The summed E-state index contributed by atoms with van der Waals surface area (Å²) >= 11 is 4.40. The molecule has 0 aromatic heterocycles. The Hall–Kier alpha value is -0.790. The van der Waals surface area contributed by atoms with Gasteiger partial charge in [0.15, 0.2) is 6.34 Å². The van der Waals surface area contributed by atoms with E-state index in [0.29, 0.717) is 5.70 Å². The van der Waals surface area contributed by atoms with E-state index < -0.39 is 0 Å². The molecular formula is C4HN2S. The van der Waals surface area contributed by atoms with Crippen LogP contribution in [0.25, 0.3) is 0 Å². The molecule has 0 saturated carbocycles. The third kappa shape index (κ3) is 0.796. The second kappa shape index (κ2) is 1.78. The van der Waals surface area contributed by atoms with Gasteiger partial charge in [-0.1, -0.05) is 0 Å². The molecule has 0 amide bonds. The first kappa shape index (κ1) is 4.37. The molecule has 33 valence electrons. The Bertz CT molecular complexity index is 160. The van der Waals surface area contributed by atoms with Crippen molar-refractivity contribution in [1.82, 2.24) is 0 Å². The fraction of sp³-hybridized carbons (Fsp3) is 0. The lowest BCUT2D eigenvalue weighted by Crippen LogP contribution is -1.68. The quantitative estimate of drug-likeness (QED) is 0.415. The zero-order valence-corrected chi connectivity index (χ0v) is 4.20. The van der Waals surface area contributed by atoms with Crippen LogP contribution in [0.1, 0.15) is 0 Å². The zero-order chi connectivity index (χ0) is 5.11. The van der Waals surface area contributed by atoms with Crippen LogP contribution in [0.5, 0.6) is 0 Å². The number of allylic oxidation sites excluding steroid dienone is 1. The monoisotopic (exact) mass is 109 g/mol. The van der Waals surface area contributed by atoms with Crippen LogP contribution in [-0.2, 0) is 0 Å². The van der Waals surface area contributed by atoms with E-state index in [9.17, 15) is 0 Å². The van der Waals surface area contributed by atoms with Gasteiger partial charge in [0, 0.05) is 0 Å². The van der Waals surface area contributed by atoms with Crippen molar-refractivity contribution in [2.45, 2.75) is 0 Å². The van der Waals surface area contributed by atoms with E-state index >= 15 is 0 Å². The van der Waals surface area contributed by atoms with Gasteiger partial charge in [0.25, 0.3) is 0 Å². The van der Waals surface area contributed by atoms with Crippen molar-refractivity contribution in [3.63, 3.8) is 0 Å². The lowest BCUT2D eigenvalue weighted by atomic mass is 10.6. The predicted molar refractivity (Wildman–Crippen MR) is 32.0 cm³/mol. The second-order valence-corrected chi connectivity index (χ2v) is 1.16. The molecular weight excluding hydrogens is 108 g/mol. The van der Waals surface area contributed by atoms with Crippen LogP contribution in [0, 0.1) is 0 Å². The van der Waals surface area contributed by atoms with Gasteiger partial charge in [-0.25, -0.2) is 9.98 Å². The van der Waals surface area contributed by atoms with Crippen LogP contribution in [0.15, 0.2) is 15.7 Å². The number of aliphatic imine (C=N–C) groups is 2. The van der Waals surface area contributed by atoms with E-state index in [1.165, 1.54) is 6.21 Å². The Balaban J connectivity index is 3.00. The Morgan fingerprint density at radius 2 is 2.71 bits per heavy atom. The molecule has 2 nitrogen and oxygen atoms in total. The Morgan fingerprint density at radius 3 is 3.00 bits per heavy atom. The van der Waals surface area contributed by atoms with Gasteiger partial charge >= 0.3 is 0 Å². The van der Waals surface area contributed by atoms with Crippen molar-refractivity contribution < 1.29 is 0 Å². The van der Waals surface area contributed by atoms with Crippen LogP contribution in [0.2, 0.25) is 0 Å². The molecule has 0 aliphatic carbocycles. The normalized spacial score (nSPS) is 15.1. The fourth-order valence-electron chi connectivity index (χ4n) is 0.251. The summed E-state index contributed by atoms with van der Waals surface area (Å²) in [6.07, 6.45) is 3.86. The Morgan fingerprint density at radius 1 is 1.86 bits per heavy atom. The molecule has 1 aliphatic heterocycles. The second-order valence-electron chi connectivity index (χ2n) is 0.957. The van der Waals surface area contributed by atoms with E-state index in [-0.39, 0.29) is 0 Å². The van der Waals surface area contributed by atoms with Crippen molar-refractivity contribution in [1.29, 1.82) is 0 Å². The van der Waals surface area contributed by atoms with Crippen molar-refractivity contribution in [3.05, 3.63) is 5.70 Å². The van der Waals surface area contributed by atoms with Gasteiger partial charge in [0.05, 0.1) is 6.21 Å². The molecule has 0 fully saturated rings. The largest absolute Gasteiger partial charge is 0.231 e. The summed E-state index contributed by atoms with van der Waals surface area (Å²) in [5.74, 6) is 0. The van der Waals surface area contributed by atoms with E-state index in [2.05, 4.69) is 33.6 Å². The summed E-state index contributed by atoms with van der Waals surface area (Å²) in [6, 6.07) is 0. The molecule has 0 atom stereocenters. The first-order chi connectivity index (χ1) is 3.43. The first-order valence-corrected chi connectivity index (χ1v) is 2.08. The minimum Gasteiger partial charge on any atom is -0.231 e. The third-order valence-electron chi connectivity index (χ3n) is 0.520. The van der Waals surface area contributed by atoms with Gasteiger partial charge in [0.2, 0.25) is 0 Å². The highest BCUT2D eigenvalue weighted by Crippen LogP contribution is 1.89. The smallest absolute Gasteiger partial charge is 0.199 e. The molecule has 0 aromatic carbocycles. The van der Waals surface area contributed by atoms with E-state index in [0.717, 1.165) is 0 Å². The molecule has 3 heteroatoms. The summed E-state index contributed by atoms with van der Waals surface area (Å²) in [7, 11) is 0. The zero-order valence-electron chi connectivity index (χ0n) is 3.38. The lowest BCUT2D eigenvalue weighted by Gasteiger charge is -1.67. The van der Waals surface area contributed by atoms with Crippen LogP contribution < -0.4 is 0 Å². The first-order valence-electron chi connectivity index (χ1n) is 1.67. The molecule has 0 spiro atoms. The highest BCUT2D eigenvalue weighted by molar-refractivity contribution is 7.78. The minimum absolute atomic E-state index is 0.579. The molecule has 0 N–H and O–H groups in total. The van der Waals surface area contributed by atoms with Gasteiger partial charge in [0.1, 0.15) is 5.70 Å². The van der Waals surface area contributed by atoms with Crippen molar-refractivity contribution in [3.8, 4) is 0 Å². The average molecular weight is 109 g/mol. The van der Waals surface area contributed by atoms with Crippen LogP contribution >= 0.6 is 12.2 Å². The minimum atomic E-state index is 0.579. The summed E-state index contributed by atoms with van der Waals surface area (Å²) < 4.78 is 0. The molecule has 1 heterocycles. The standard InChI is InChI=1S/C4HN2S/c7-2-4-1-5-3-6-4/h1H. The Kier molecular flexibility index (Phi) is 1.11. The molecule has 0 saturated heterocycles. The van der Waals surface area contributed by atoms with Crippen molar-refractivity contribution in [2.75, 3.05) is 0 Å². The molecule has 0 unspecified atom stereocenters. The molecule has 1 radical (unpaired) electrons. The van der Waals surface area contributed by atoms with Crippen molar-refractivity contribution >= 4 is 29.8 Å². The fourth-order valence-corrected chi connectivity index (χ4v) is 0.349. The molecule has 0 bridgehead atoms. The third-order valence-corrected chi connectivity index (χ3v) is 0.729. The van der Waals surface area contributed by atoms with E-state index in [4.69, 9.17) is 0 Å².